The number of hydrogen-bond acceptors (Lipinski definition) is 3. The molecule has 2 heterocycles. The molecule has 0 spiro atoms. The zero-order valence-corrected chi connectivity index (χ0v) is 15.4. The van der Waals surface area contributed by atoms with Crippen LogP contribution >= 0.6 is 0 Å². The number of epoxide rings is 2. The molecule has 0 bridgehead atoms. The van der Waals surface area contributed by atoms with Gasteiger partial charge in [-0.25, -0.2) is 0 Å². The van der Waals surface area contributed by atoms with E-state index in [1.807, 2.05) is 0 Å². The Labute approximate surface area is 147 Å². The van der Waals surface area contributed by atoms with Crippen molar-refractivity contribution in [3.8, 4) is 0 Å². The van der Waals surface area contributed by atoms with Crippen molar-refractivity contribution < 1.29 is 19.4 Å². The first-order valence-electron chi connectivity index (χ1n) is 10.2. The Morgan fingerprint density at radius 1 is 0.750 bits per heavy atom. The average Bonchev–Trinajstić information content (AvgIpc) is 3.45. The minimum Gasteiger partial charge on any atom is -0.481 e. The number of unbranched alkanes of at least 4 members (excludes halogenated alkanes) is 8. The van der Waals surface area contributed by atoms with Gasteiger partial charge in [-0.15, -0.1) is 0 Å². The zero-order valence-electron chi connectivity index (χ0n) is 15.4. The summed E-state index contributed by atoms with van der Waals surface area (Å²) in [6.07, 6.45) is 17.9. The fourth-order valence-electron chi connectivity index (χ4n) is 3.61. The molecule has 2 unspecified atom stereocenters. The summed E-state index contributed by atoms with van der Waals surface area (Å²) in [4.78, 5) is 10.4. The van der Waals surface area contributed by atoms with Gasteiger partial charge in [-0.2, -0.15) is 0 Å². The van der Waals surface area contributed by atoms with Crippen molar-refractivity contribution >= 4 is 5.97 Å². The van der Waals surface area contributed by atoms with Gasteiger partial charge in [0.2, 0.25) is 0 Å². The molecule has 0 aromatic heterocycles. The van der Waals surface area contributed by atoms with Crippen molar-refractivity contribution in [2.45, 2.75) is 121 Å². The van der Waals surface area contributed by atoms with Crippen molar-refractivity contribution in [3.05, 3.63) is 0 Å². The lowest BCUT2D eigenvalue weighted by Crippen LogP contribution is -2.02. The smallest absolute Gasteiger partial charge is 0.303 e. The third-order valence-electron chi connectivity index (χ3n) is 5.31. The lowest BCUT2D eigenvalue weighted by Gasteiger charge is -2.00. The predicted molar refractivity (Wildman–Crippen MR) is 95.3 cm³/mol. The van der Waals surface area contributed by atoms with Gasteiger partial charge in [0.15, 0.2) is 0 Å². The SMILES string of the molecule is CCCCCC1OC1C[C@H]1O[C@H]1CCCCCCCCCC(=O)O. The Kier molecular flexibility index (Phi) is 9.11. The molecule has 4 atom stereocenters. The third kappa shape index (κ3) is 8.48. The first-order chi connectivity index (χ1) is 11.7. The monoisotopic (exact) mass is 340 g/mol. The number of ether oxygens (including phenoxy) is 2. The number of carboxylic acids is 1. The van der Waals surface area contributed by atoms with Gasteiger partial charge >= 0.3 is 5.97 Å². The molecular formula is C20H36O4. The summed E-state index contributed by atoms with van der Waals surface area (Å²) in [5.74, 6) is -0.669. The molecule has 0 amide bonds. The van der Waals surface area contributed by atoms with Gasteiger partial charge < -0.3 is 14.6 Å². The molecule has 0 radical (unpaired) electrons. The van der Waals surface area contributed by atoms with E-state index in [0.717, 1.165) is 19.3 Å². The first kappa shape index (κ1) is 19.7. The average molecular weight is 341 g/mol. The van der Waals surface area contributed by atoms with Crippen molar-refractivity contribution in [2.24, 2.45) is 0 Å². The zero-order chi connectivity index (χ0) is 17.2. The second-order valence-corrected chi connectivity index (χ2v) is 7.56. The molecule has 0 aromatic rings. The molecule has 0 aliphatic carbocycles. The minimum atomic E-state index is -0.669. The van der Waals surface area contributed by atoms with Gasteiger partial charge in [-0.3, -0.25) is 4.79 Å². The van der Waals surface area contributed by atoms with Gasteiger partial charge in [0, 0.05) is 12.8 Å². The van der Waals surface area contributed by atoms with Crippen molar-refractivity contribution in [1.29, 1.82) is 0 Å². The summed E-state index contributed by atoms with van der Waals surface area (Å²) >= 11 is 0. The maximum atomic E-state index is 10.4. The van der Waals surface area contributed by atoms with E-state index < -0.39 is 5.97 Å². The summed E-state index contributed by atoms with van der Waals surface area (Å²) in [5.41, 5.74) is 0. The molecule has 140 valence electrons. The fourth-order valence-corrected chi connectivity index (χ4v) is 3.61. The standard InChI is InChI=1S/C20H36O4/c1-2-3-9-12-16-18(23-16)15-19-17(24-19)13-10-7-5-4-6-8-11-14-20(21)22/h16-19H,2-15H2,1H3,(H,21,22)/t16?,17-,18?,19+/m0/s1. The molecule has 1 N–H and O–H groups in total. The molecule has 2 aliphatic rings. The van der Waals surface area contributed by atoms with Crippen LogP contribution in [0.4, 0.5) is 0 Å². The molecular weight excluding hydrogens is 304 g/mol. The molecule has 2 rings (SSSR count). The van der Waals surface area contributed by atoms with Crippen LogP contribution < -0.4 is 0 Å². The normalized spacial score (nSPS) is 28.0. The van der Waals surface area contributed by atoms with E-state index in [1.165, 1.54) is 64.2 Å². The molecule has 2 aliphatic heterocycles. The van der Waals surface area contributed by atoms with E-state index in [4.69, 9.17) is 14.6 Å². The van der Waals surface area contributed by atoms with Crippen LogP contribution in [0.3, 0.4) is 0 Å². The molecule has 0 aromatic carbocycles. The van der Waals surface area contributed by atoms with Crippen LogP contribution in [0.5, 0.6) is 0 Å². The van der Waals surface area contributed by atoms with Gasteiger partial charge in [0.25, 0.3) is 0 Å². The highest BCUT2D eigenvalue weighted by Gasteiger charge is 2.47. The van der Waals surface area contributed by atoms with Gasteiger partial charge in [-0.05, 0) is 19.3 Å². The van der Waals surface area contributed by atoms with Gasteiger partial charge in [-0.1, -0.05) is 64.7 Å². The Balaban J connectivity index is 1.32. The summed E-state index contributed by atoms with van der Waals surface area (Å²) in [5, 5.41) is 8.57. The van der Waals surface area contributed by atoms with E-state index >= 15 is 0 Å². The van der Waals surface area contributed by atoms with E-state index in [1.54, 1.807) is 0 Å². The minimum absolute atomic E-state index is 0.324. The van der Waals surface area contributed by atoms with Gasteiger partial charge in [0.1, 0.15) is 0 Å². The highest BCUT2D eigenvalue weighted by Crippen LogP contribution is 2.39. The quantitative estimate of drug-likeness (QED) is 0.314. The highest BCUT2D eigenvalue weighted by molar-refractivity contribution is 5.66. The van der Waals surface area contributed by atoms with Crippen LogP contribution in [-0.2, 0) is 14.3 Å². The van der Waals surface area contributed by atoms with Crippen LogP contribution in [0.2, 0.25) is 0 Å². The molecule has 2 saturated heterocycles. The van der Waals surface area contributed by atoms with E-state index in [-0.39, 0.29) is 0 Å². The van der Waals surface area contributed by atoms with Crippen molar-refractivity contribution in [1.82, 2.24) is 0 Å². The molecule has 4 nitrogen and oxygen atoms in total. The van der Waals surface area contributed by atoms with Crippen molar-refractivity contribution in [3.63, 3.8) is 0 Å². The maximum Gasteiger partial charge on any atom is 0.303 e. The van der Waals surface area contributed by atoms with Crippen LogP contribution in [0, 0.1) is 0 Å². The third-order valence-corrected chi connectivity index (χ3v) is 5.31. The first-order valence-corrected chi connectivity index (χ1v) is 10.2. The summed E-state index contributed by atoms with van der Waals surface area (Å²) in [7, 11) is 0. The van der Waals surface area contributed by atoms with Gasteiger partial charge in [0.05, 0.1) is 24.4 Å². The molecule has 24 heavy (non-hydrogen) atoms. The Morgan fingerprint density at radius 2 is 1.25 bits per heavy atom. The lowest BCUT2D eigenvalue weighted by atomic mass is 10.0. The number of hydrogen-bond donors (Lipinski definition) is 1. The number of carboxylic acid groups (broad SMARTS) is 1. The van der Waals surface area contributed by atoms with E-state index in [9.17, 15) is 4.79 Å². The fraction of sp³-hybridized carbons (Fsp3) is 0.950. The summed E-state index contributed by atoms with van der Waals surface area (Å²) in [6.45, 7) is 2.24. The predicted octanol–water partition coefficient (Wildman–Crippen LogP) is 5.09. The molecule has 4 heteroatoms. The second-order valence-electron chi connectivity index (χ2n) is 7.56. The number of carbonyl (C=O) groups is 1. The topological polar surface area (TPSA) is 62.4 Å². The van der Waals surface area contributed by atoms with Crippen molar-refractivity contribution in [2.75, 3.05) is 0 Å². The van der Waals surface area contributed by atoms with Crippen LogP contribution in [-0.4, -0.2) is 35.5 Å². The Morgan fingerprint density at radius 3 is 1.79 bits per heavy atom. The second kappa shape index (κ2) is 11.1. The molecule has 2 fully saturated rings. The summed E-state index contributed by atoms with van der Waals surface area (Å²) in [6, 6.07) is 0. The Hall–Kier alpha value is -0.610. The molecule has 0 saturated carbocycles. The largest absolute Gasteiger partial charge is 0.481 e. The number of aliphatic carboxylic acids is 1. The van der Waals surface area contributed by atoms with Crippen LogP contribution in [0.15, 0.2) is 0 Å². The van der Waals surface area contributed by atoms with Crippen LogP contribution in [0.25, 0.3) is 0 Å². The van der Waals surface area contributed by atoms with E-state index in [2.05, 4.69) is 6.92 Å². The highest BCUT2D eigenvalue weighted by atomic mass is 16.6. The van der Waals surface area contributed by atoms with Crippen LogP contribution in [0.1, 0.15) is 96.8 Å². The van der Waals surface area contributed by atoms with E-state index in [0.29, 0.717) is 30.8 Å². The maximum absolute atomic E-state index is 10.4. The lowest BCUT2D eigenvalue weighted by molar-refractivity contribution is -0.137. The Bertz CT molecular complexity index is 358. The number of rotatable bonds is 16. The summed E-state index contributed by atoms with van der Waals surface area (Å²) < 4.78 is 11.5.